The van der Waals surface area contributed by atoms with Crippen LogP contribution < -0.4 is 4.74 Å². The highest BCUT2D eigenvalue weighted by atomic mass is 19.1. The van der Waals surface area contributed by atoms with Crippen LogP contribution in [-0.2, 0) is 4.79 Å². The Bertz CT molecular complexity index is 1050. The predicted molar refractivity (Wildman–Crippen MR) is 93.2 cm³/mol. The molecule has 3 nitrogen and oxygen atoms in total. The largest absolute Gasteiger partial charge is 0.427 e. The van der Waals surface area contributed by atoms with E-state index < -0.39 is 29.0 Å². The molecule has 0 spiro atoms. The van der Waals surface area contributed by atoms with Gasteiger partial charge in [-0.05, 0) is 47.0 Å². The molecule has 0 atom stereocenters. The second-order valence-corrected chi connectivity index (χ2v) is 5.74. The number of rotatable bonds is 3. The minimum Gasteiger partial charge on any atom is -0.427 e. The molecule has 3 aromatic carbocycles. The monoisotopic (exact) mass is 367 g/mol. The highest BCUT2D eigenvalue weighted by molar-refractivity contribution is 5.73. The summed E-state index contributed by atoms with van der Waals surface area (Å²) in [6, 6.07) is 14.0. The minimum atomic E-state index is -1.04. The van der Waals surface area contributed by atoms with Crippen molar-refractivity contribution in [1.82, 2.24) is 0 Å². The molecule has 134 valence electrons. The summed E-state index contributed by atoms with van der Waals surface area (Å²) in [5.41, 5.74) is 0.522. The van der Waals surface area contributed by atoms with Crippen LogP contribution in [0, 0.1) is 28.8 Å². The molecule has 0 aliphatic heterocycles. The van der Waals surface area contributed by atoms with E-state index in [-0.39, 0.29) is 11.1 Å². The summed E-state index contributed by atoms with van der Waals surface area (Å²) < 4.78 is 47.0. The fourth-order valence-electron chi connectivity index (χ4n) is 2.65. The van der Waals surface area contributed by atoms with Gasteiger partial charge < -0.3 is 4.74 Å². The lowest BCUT2D eigenvalue weighted by molar-refractivity contribution is -0.131. The lowest BCUT2D eigenvalue weighted by Gasteiger charge is -2.09. The molecule has 0 radical (unpaired) electrons. The fraction of sp³-hybridized carbons (Fsp3) is 0.0476. The van der Waals surface area contributed by atoms with Crippen LogP contribution in [0.1, 0.15) is 12.5 Å². The smallest absolute Gasteiger partial charge is 0.308 e. The Morgan fingerprint density at radius 1 is 0.852 bits per heavy atom. The molecule has 3 aromatic rings. The number of hydrogen-bond acceptors (Lipinski definition) is 3. The van der Waals surface area contributed by atoms with Crippen molar-refractivity contribution in [3.63, 3.8) is 0 Å². The topological polar surface area (TPSA) is 50.1 Å². The maximum absolute atomic E-state index is 14.5. The summed E-state index contributed by atoms with van der Waals surface area (Å²) in [7, 11) is 0. The molecule has 0 aliphatic rings. The van der Waals surface area contributed by atoms with E-state index in [2.05, 4.69) is 0 Å². The first-order valence-corrected chi connectivity index (χ1v) is 7.87. The average molecular weight is 367 g/mol. The Balaban J connectivity index is 1.95. The minimum absolute atomic E-state index is 0.00161. The van der Waals surface area contributed by atoms with Crippen LogP contribution in [-0.4, -0.2) is 5.97 Å². The summed E-state index contributed by atoms with van der Waals surface area (Å²) in [5.74, 6) is -2.83. The second kappa shape index (κ2) is 7.34. The summed E-state index contributed by atoms with van der Waals surface area (Å²) in [6.45, 7) is 1.29. The van der Waals surface area contributed by atoms with Crippen LogP contribution in [0.3, 0.4) is 0 Å². The van der Waals surface area contributed by atoms with Crippen LogP contribution in [0.2, 0.25) is 0 Å². The van der Waals surface area contributed by atoms with Crippen LogP contribution >= 0.6 is 0 Å². The Labute approximate surface area is 153 Å². The molecule has 0 heterocycles. The van der Waals surface area contributed by atoms with Crippen molar-refractivity contribution < 1.29 is 22.7 Å². The third-order valence-corrected chi connectivity index (χ3v) is 3.88. The maximum atomic E-state index is 14.5. The van der Waals surface area contributed by atoms with E-state index in [1.54, 1.807) is 30.3 Å². The maximum Gasteiger partial charge on any atom is 0.308 e. The van der Waals surface area contributed by atoms with Crippen LogP contribution in [0.25, 0.3) is 22.3 Å². The summed E-state index contributed by atoms with van der Waals surface area (Å²) in [5, 5.41) is 8.71. The Morgan fingerprint density at radius 3 is 1.93 bits per heavy atom. The zero-order valence-corrected chi connectivity index (χ0v) is 14.1. The fourth-order valence-corrected chi connectivity index (χ4v) is 2.65. The van der Waals surface area contributed by atoms with Gasteiger partial charge in [-0.15, -0.1) is 0 Å². The molecule has 6 heteroatoms. The van der Waals surface area contributed by atoms with Gasteiger partial charge in [0.2, 0.25) is 0 Å². The number of halogens is 3. The second-order valence-electron chi connectivity index (χ2n) is 5.74. The Kier molecular flexibility index (Phi) is 4.95. The van der Waals surface area contributed by atoms with Gasteiger partial charge in [0, 0.05) is 12.5 Å². The first-order chi connectivity index (χ1) is 12.9. The zero-order valence-electron chi connectivity index (χ0n) is 14.1. The first-order valence-electron chi connectivity index (χ1n) is 7.87. The number of esters is 1. The van der Waals surface area contributed by atoms with Gasteiger partial charge in [0.05, 0.1) is 0 Å². The van der Waals surface area contributed by atoms with Crippen molar-refractivity contribution in [1.29, 1.82) is 5.26 Å². The molecule has 0 saturated carbocycles. The Morgan fingerprint density at radius 2 is 1.41 bits per heavy atom. The number of hydrogen-bond donors (Lipinski definition) is 0. The van der Waals surface area contributed by atoms with E-state index in [1.807, 2.05) is 0 Å². The average Bonchev–Trinajstić information content (AvgIpc) is 2.61. The van der Waals surface area contributed by atoms with Gasteiger partial charge in [0.25, 0.3) is 0 Å². The van der Waals surface area contributed by atoms with E-state index in [0.29, 0.717) is 16.9 Å². The highest BCUT2D eigenvalue weighted by Gasteiger charge is 2.14. The number of carbonyl (C=O) groups excluding carboxylic acids is 1. The van der Waals surface area contributed by atoms with E-state index in [0.717, 1.165) is 12.1 Å². The van der Waals surface area contributed by atoms with E-state index in [9.17, 15) is 18.0 Å². The highest BCUT2D eigenvalue weighted by Crippen LogP contribution is 2.30. The lowest BCUT2D eigenvalue weighted by atomic mass is 9.98. The normalized spacial score (nSPS) is 10.3. The molecule has 0 bridgehead atoms. The van der Waals surface area contributed by atoms with Gasteiger partial charge in [0.15, 0.2) is 0 Å². The molecule has 0 unspecified atom stereocenters. The first kappa shape index (κ1) is 18.2. The summed E-state index contributed by atoms with van der Waals surface area (Å²) in [6.07, 6.45) is 0. The molecule has 0 aromatic heterocycles. The molecule has 0 amide bonds. The van der Waals surface area contributed by atoms with Crippen molar-refractivity contribution >= 4 is 5.97 Å². The van der Waals surface area contributed by atoms with Crippen LogP contribution in [0.15, 0.2) is 54.6 Å². The number of nitriles is 1. The van der Waals surface area contributed by atoms with Crippen LogP contribution in [0.5, 0.6) is 5.75 Å². The van der Waals surface area contributed by atoms with Crippen molar-refractivity contribution in [2.24, 2.45) is 0 Å². The van der Waals surface area contributed by atoms with Gasteiger partial charge in [0.1, 0.15) is 34.8 Å². The van der Waals surface area contributed by atoms with Gasteiger partial charge >= 0.3 is 5.97 Å². The van der Waals surface area contributed by atoms with Crippen molar-refractivity contribution in [2.45, 2.75) is 6.92 Å². The third kappa shape index (κ3) is 3.82. The number of nitrogens with zero attached hydrogens (tertiary/aromatic N) is 1. The van der Waals surface area contributed by atoms with Crippen LogP contribution in [0.4, 0.5) is 13.2 Å². The molecular weight excluding hydrogens is 355 g/mol. The van der Waals surface area contributed by atoms with Crippen molar-refractivity contribution in [2.75, 3.05) is 0 Å². The van der Waals surface area contributed by atoms with E-state index in [4.69, 9.17) is 10.00 Å². The molecule has 0 N–H and O–H groups in total. The molecule has 27 heavy (non-hydrogen) atoms. The standard InChI is InChI=1S/C21H12F3NO2/c1-12(26)27-16-5-2-13(3-6-16)14-4-7-17(19(22)8-14)15-9-20(23)18(11-25)21(24)10-15/h2-10H,1H3. The number of ether oxygens (including phenoxy) is 1. The number of benzene rings is 3. The number of carbonyl (C=O) groups is 1. The van der Waals surface area contributed by atoms with Gasteiger partial charge in [-0.25, -0.2) is 13.2 Å². The predicted octanol–water partition coefficient (Wildman–Crippen LogP) is 5.23. The summed E-state index contributed by atoms with van der Waals surface area (Å²) in [4.78, 5) is 10.9. The molecule has 3 rings (SSSR count). The van der Waals surface area contributed by atoms with Gasteiger partial charge in [-0.3, -0.25) is 4.79 Å². The zero-order chi connectivity index (χ0) is 19.6. The lowest BCUT2D eigenvalue weighted by Crippen LogP contribution is -2.00. The van der Waals surface area contributed by atoms with E-state index in [1.165, 1.54) is 25.1 Å². The Hall–Kier alpha value is -3.59. The molecule has 0 saturated heterocycles. The summed E-state index contributed by atoms with van der Waals surface area (Å²) >= 11 is 0. The van der Waals surface area contributed by atoms with Gasteiger partial charge in [-0.2, -0.15) is 5.26 Å². The van der Waals surface area contributed by atoms with Gasteiger partial charge in [-0.1, -0.05) is 24.3 Å². The third-order valence-electron chi connectivity index (χ3n) is 3.88. The SMILES string of the molecule is CC(=O)Oc1ccc(-c2ccc(-c3cc(F)c(C#N)c(F)c3)c(F)c2)cc1. The molecule has 0 aliphatic carbocycles. The quantitative estimate of drug-likeness (QED) is 0.470. The van der Waals surface area contributed by atoms with Crippen molar-refractivity contribution in [3.8, 4) is 34.1 Å². The van der Waals surface area contributed by atoms with Crippen molar-refractivity contribution in [3.05, 3.63) is 77.6 Å². The molecular formula is C21H12F3NO2. The van der Waals surface area contributed by atoms with E-state index >= 15 is 0 Å². The molecule has 0 fully saturated rings.